The fourth-order valence-electron chi connectivity index (χ4n) is 3.00. The molecular formula is C17H25N5. The van der Waals surface area contributed by atoms with E-state index in [-0.39, 0.29) is 0 Å². The van der Waals surface area contributed by atoms with E-state index in [0.717, 1.165) is 13.1 Å². The molecule has 5 heteroatoms. The number of nitrogens with one attached hydrogen (secondary N) is 3. The van der Waals surface area contributed by atoms with Crippen molar-refractivity contribution in [3.05, 3.63) is 54.4 Å². The van der Waals surface area contributed by atoms with Gasteiger partial charge in [0.2, 0.25) is 0 Å². The Bertz CT molecular complexity index is 554. The van der Waals surface area contributed by atoms with Gasteiger partial charge in [-0.3, -0.25) is 10.1 Å². The van der Waals surface area contributed by atoms with Gasteiger partial charge < -0.3 is 5.32 Å². The van der Waals surface area contributed by atoms with E-state index in [1.54, 1.807) is 0 Å². The smallest absolute Gasteiger partial charge is 0.0641 e. The van der Waals surface area contributed by atoms with Crippen LogP contribution in [0.25, 0.3) is 0 Å². The van der Waals surface area contributed by atoms with Gasteiger partial charge in [0.1, 0.15) is 0 Å². The van der Waals surface area contributed by atoms with Gasteiger partial charge in [-0.25, -0.2) is 5.43 Å². The van der Waals surface area contributed by atoms with Crippen LogP contribution in [-0.4, -0.2) is 28.9 Å². The number of aromatic nitrogens is 2. The third-order valence-electron chi connectivity index (χ3n) is 4.62. The Hall–Kier alpha value is -1.69. The maximum absolute atomic E-state index is 4.33. The quantitative estimate of drug-likeness (QED) is 0.762. The third-order valence-corrected chi connectivity index (χ3v) is 4.62. The average Bonchev–Trinajstić information content (AvgIpc) is 3.24. The number of rotatable bonds is 6. The van der Waals surface area contributed by atoms with E-state index in [1.165, 1.54) is 5.56 Å². The topological polar surface area (TPSA) is 53.9 Å². The molecule has 1 saturated heterocycles. The van der Waals surface area contributed by atoms with Crippen LogP contribution in [0.2, 0.25) is 0 Å². The number of hydrogen-bond donors (Lipinski definition) is 3. The molecule has 118 valence electrons. The molecular weight excluding hydrogens is 274 g/mol. The van der Waals surface area contributed by atoms with Gasteiger partial charge in [-0.15, -0.1) is 0 Å². The zero-order valence-corrected chi connectivity index (χ0v) is 13.2. The standard InChI is InChI=1S/C17H25N5/c1-13(14(2)22-10-6-9-20-22)18-11-16-12-19-21-17(16)15-7-4-3-5-8-15/h3-10,13-14,16-19,21H,11-12H2,1-2H3. The average molecular weight is 299 g/mol. The molecule has 0 radical (unpaired) electrons. The van der Waals surface area contributed by atoms with E-state index in [2.05, 4.69) is 65.4 Å². The number of nitrogens with zero attached hydrogens (tertiary/aromatic N) is 2. The van der Waals surface area contributed by atoms with Crippen molar-refractivity contribution in [1.82, 2.24) is 25.9 Å². The SMILES string of the molecule is CC(NCC1CNNC1c1ccccc1)C(C)n1cccn1. The van der Waals surface area contributed by atoms with E-state index in [4.69, 9.17) is 0 Å². The Labute approximate surface area is 132 Å². The summed E-state index contributed by atoms with van der Waals surface area (Å²) in [4.78, 5) is 0. The molecule has 5 nitrogen and oxygen atoms in total. The Kier molecular flexibility index (Phi) is 4.87. The van der Waals surface area contributed by atoms with Crippen molar-refractivity contribution in [3.63, 3.8) is 0 Å². The molecule has 1 aromatic heterocycles. The van der Waals surface area contributed by atoms with Gasteiger partial charge in [0.05, 0.1) is 12.1 Å². The van der Waals surface area contributed by atoms with Crippen LogP contribution in [0.4, 0.5) is 0 Å². The van der Waals surface area contributed by atoms with E-state index >= 15 is 0 Å². The minimum Gasteiger partial charge on any atom is -0.312 e. The van der Waals surface area contributed by atoms with Gasteiger partial charge >= 0.3 is 0 Å². The molecule has 0 spiro atoms. The largest absolute Gasteiger partial charge is 0.312 e. The molecule has 1 aliphatic rings. The fourth-order valence-corrected chi connectivity index (χ4v) is 3.00. The van der Waals surface area contributed by atoms with Crippen LogP contribution < -0.4 is 16.2 Å². The van der Waals surface area contributed by atoms with Gasteiger partial charge in [-0.2, -0.15) is 5.10 Å². The molecule has 1 aliphatic heterocycles. The summed E-state index contributed by atoms with van der Waals surface area (Å²) in [6.07, 6.45) is 3.85. The Morgan fingerprint density at radius 1 is 1.27 bits per heavy atom. The molecule has 1 aromatic carbocycles. The molecule has 0 amide bonds. The first-order valence-electron chi connectivity index (χ1n) is 8.01. The van der Waals surface area contributed by atoms with Crippen molar-refractivity contribution >= 4 is 0 Å². The van der Waals surface area contributed by atoms with Crippen molar-refractivity contribution in [1.29, 1.82) is 0 Å². The highest BCUT2D eigenvalue weighted by Crippen LogP contribution is 2.24. The lowest BCUT2D eigenvalue weighted by molar-refractivity contribution is 0.336. The van der Waals surface area contributed by atoms with Crippen molar-refractivity contribution in [3.8, 4) is 0 Å². The summed E-state index contributed by atoms with van der Waals surface area (Å²) < 4.78 is 2.01. The van der Waals surface area contributed by atoms with Crippen LogP contribution in [0.3, 0.4) is 0 Å². The molecule has 4 atom stereocenters. The summed E-state index contributed by atoms with van der Waals surface area (Å²) >= 11 is 0. The molecule has 3 rings (SSSR count). The highest BCUT2D eigenvalue weighted by Gasteiger charge is 2.28. The second-order valence-electron chi connectivity index (χ2n) is 6.10. The Balaban J connectivity index is 1.56. The van der Waals surface area contributed by atoms with Crippen molar-refractivity contribution in [2.75, 3.05) is 13.1 Å². The summed E-state index contributed by atoms with van der Waals surface area (Å²) in [6, 6.07) is 13.7. The Morgan fingerprint density at radius 2 is 2.09 bits per heavy atom. The van der Waals surface area contributed by atoms with Crippen LogP contribution >= 0.6 is 0 Å². The molecule has 2 aromatic rings. The molecule has 22 heavy (non-hydrogen) atoms. The van der Waals surface area contributed by atoms with Crippen LogP contribution in [-0.2, 0) is 0 Å². The van der Waals surface area contributed by atoms with E-state index in [1.807, 2.05) is 23.1 Å². The first-order chi connectivity index (χ1) is 10.8. The van der Waals surface area contributed by atoms with Crippen molar-refractivity contribution in [2.24, 2.45) is 5.92 Å². The fraction of sp³-hybridized carbons (Fsp3) is 0.471. The first kappa shape index (κ1) is 15.2. The zero-order chi connectivity index (χ0) is 15.4. The zero-order valence-electron chi connectivity index (χ0n) is 13.2. The van der Waals surface area contributed by atoms with Gasteiger partial charge in [0.25, 0.3) is 0 Å². The molecule has 3 N–H and O–H groups in total. The summed E-state index contributed by atoms with van der Waals surface area (Å²) in [5.74, 6) is 0.537. The van der Waals surface area contributed by atoms with Crippen molar-refractivity contribution in [2.45, 2.75) is 32.0 Å². The predicted molar refractivity (Wildman–Crippen MR) is 88.2 cm³/mol. The third kappa shape index (κ3) is 3.38. The lowest BCUT2D eigenvalue weighted by atomic mass is 9.94. The highest BCUT2D eigenvalue weighted by atomic mass is 15.4. The summed E-state index contributed by atoms with van der Waals surface area (Å²) in [7, 11) is 0. The van der Waals surface area contributed by atoms with Crippen LogP contribution in [0, 0.1) is 5.92 Å². The van der Waals surface area contributed by atoms with Gasteiger partial charge in [-0.1, -0.05) is 30.3 Å². The second kappa shape index (κ2) is 7.05. The van der Waals surface area contributed by atoms with E-state index in [0.29, 0.717) is 24.0 Å². The van der Waals surface area contributed by atoms with Gasteiger partial charge in [0.15, 0.2) is 0 Å². The first-order valence-corrected chi connectivity index (χ1v) is 8.01. The minimum atomic E-state index is 0.340. The number of hydrogen-bond acceptors (Lipinski definition) is 4. The highest BCUT2D eigenvalue weighted by molar-refractivity contribution is 5.20. The molecule has 4 unspecified atom stereocenters. The molecule has 1 fully saturated rings. The molecule has 0 bridgehead atoms. The lowest BCUT2D eigenvalue weighted by Crippen LogP contribution is -2.38. The lowest BCUT2D eigenvalue weighted by Gasteiger charge is -2.25. The summed E-state index contributed by atoms with van der Waals surface area (Å²) in [6.45, 7) is 6.38. The van der Waals surface area contributed by atoms with E-state index < -0.39 is 0 Å². The van der Waals surface area contributed by atoms with Crippen molar-refractivity contribution < 1.29 is 0 Å². The molecule has 2 heterocycles. The van der Waals surface area contributed by atoms with Crippen LogP contribution in [0.15, 0.2) is 48.8 Å². The van der Waals surface area contributed by atoms with Gasteiger partial charge in [-0.05, 0) is 25.5 Å². The number of benzene rings is 1. The van der Waals surface area contributed by atoms with E-state index in [9.17, 15) is 0 Å². The molecule has 0 aliphatic carbocycles. The van der Waals surface area contributed by atoms with Gasteiger partial charge in [0, 0.05) is 37.4 Å². The summed E-state index contributed by atoms with van der Waals surface area (Å²) in [5.41, 5.74) is 8.03. The minimum absolute atomic E-state index is 0.340. The second-order valence-corrected chi connectivity index (χ2v) is 6.10. The van der Waals surface area contributed by atoms with Crippen LogP contribution in [0.1, 0.15) is 31.5 Å². The van der Waals surface area contributed by atoms with Crippen LogP contribution in [0.5, 0.6) is 0 Å². The monoisotopic (exact) mass is 299 g/mol. The maximum Gasteiger partial charge on any atom is 0.0641 e. The Morgan fingerprint density at radius 3 is 2.82 bits per heavy atom. The predicted octanol–water partition coefficient (Wildman–Crippen LogP) is 1.89. The molecule has 0 saturated carbocycles. The number of hydrazine groups is 1. The normalized spacial score (nSPS) is 24.3. The summed E-state index contributed by atoms with van der Waals surface area (Å²) in [5, 5.41) is 8.00. The maximum atomic E-state index is 4.33.